The van der Waals surface area contributed by atoms with Gasteiger partial charge >= 0.3 is 6.03 Å². The number of hydrogen-bond acceptors (Lipinski definition) is 3. The molecule has 1 saturated heterocycles. The fraction of sp³-hybridized carbons (Fsp3) is 0.500. The molecule has 1 saturated carbocycles. The highest BCUT2D eigenvalue weighted by Crippen LogP contribution is 2.33. The number of nitrogens with zero attached hydrogens (tertiary/aromatic N) is 1. The maximum Gasteiger partial charge on any atom is 0.325 e. The van der Waals surface area contributed by atoms with E-state index < -0.39 is 5.54 Å². The van der Waals surface area contributed by atoms with E-state index in [2.05, 4.69) is 5.32 Å². The van der Waals surface area contributed by atoms with Crippen LogP contribution in [0.25, 0.3) is 0 Å². The molecule has 1 aliphatic heterocycles. The van der Waals surface area contributed by atoms with Crippen LogP contribution in [0.5, 0.6) is 0 Å². The SMILES string of the molecule is Nc1ccccc1CCN1C(=O)NC2(CCCCC2)C1=O. The van der Waals surface area contributed by atoms with E-state index >= 15 is 0 Å². The van der Waals surface area contributed by atoms with Gasteiger partial charge in [-0.05, 0) is 30.9 Å². The minimum Gasteiger partial charge on any atom is -0.399 e. The number of nitrogen functional groups attached to an aromatic ring is 1. The van der Waals surface area contributed by atoms with Crippen LogP contribution >= 0.6 is 0 Å². The number of imide groups is 1. The lowest BCUT2D eigenvalue weighted by Gasteiger charge is -2.30. The van der Waals surface area contributed by atoms with Crippen molar-refractivity contribution in [1.82, 2.24) is 10.2 Å². The maximum atomic E-state index is 12.6. The Labute approximate surface area is 124 Å². The Balaban J connectivity index is 1.70. The summed E-state index contributed by atoms with van der Waals surface area (Å²) in [5.41, 5.74) is 6.96. The van der Waals surface area contributed by atoms with Crippen LogP contribution in [-0.4, -0.2) is 28.9 Å². The van der Waals surface area contributed by atoms with Crippen molar-refractivity contribution in [1.29, 1.82) is 0 Å². The zero-order valence-corrected chi connectivity index (χ0v) is 12.1. The first kappa shape index (κ1) is 13.9. The number of hydrogen-bond donors (Lipinski definition) is 2. The molecule has 0 radical (unpaired) electrons. The number of nitrogens with one attached hydrogen (secondary N) is 1. The Bertz CT molecular complexity index is 564. The molecule has 0 bridgehead atoms. The van der Waals surface area contributed by atoms with Gasteiger partial charge in [0, 0.05) is 12.2 Å². The van der Waals surface area contributed by atoms with Crippen molar-refractivity contribution in [3.63, 3.8) is 0 Å². The van der Waals surface area contributed by atoms with E-state index in [4.69, 9.17) is 5.73 Å². The number of urea groups is 1. The van der Waals surface area contributed by atoms with Gasteiger partial charge in [0.15, 0.2) is 0 Å². The number of rotatable bonds is 3. The first-order valence-corrected chi connectivity index (χ1v) is 7.60. The van der Waals surface area contributed by atoms with Gasteiger partial charge in [0.2, 0.25) is 0 Å². The molecule has 5 nitrogen and oxygen atoms in total. The van der Waals surface area contributed by atoms with Crippen LogP contribution in [0.1, 0.15) is 37.7 Å². The zero-order valence-electron chi connectivity index (χ0n) is 12.1. The monoisotopic (exact) mass is 287 g/mol. The van der Waals surface area contributed by atoms with Crippen molar-refractivity contribution < 1.29 is 9.59 Å². The standard InChI is InChI=1S/C16H21N3O2/c17-13-7-3-2-6-12(13)8-11-19-14(20)16(18-15(19)21)9-4-1-5-10-16/h2-3,6-7H,1,4-5,8-11,17H2,(H,18,21). The van der Waals surface area contributed by atoms with Gasteiger partial charge in [-0.2, -0.15) is 0 Å². The largest absolute Gasteiger partial charge is 0.399 e. The third kappa shape index (κ3) is 2.48. The van der Waals surface area contributed by atoms with Crippen LogP contribution in [-0.2, 0) is 11.2 Å². The number of benzene rings is 1. The number of anilines is 1. The van der Waals surface area contributed by atoms with E-state index in [0.717, 1.165) is 37.7 Å². The summed E-state index contributed by atoms with van der Waals surface area (Å²) >= 11 is 0. The third-order valence-electron chi connectivity index (χ3n) is 4.61. The molecule has 1 spiro atoms. The molecule has 0 aromatic heterocycles. The summed E-state index contributed by atoms with van der Waals surface area (Å²) in [6, 6.07) is 7.31. The van der Waals surface area contributed by atoms with Gasteiger partial charge in [-0.3, -0.25) is 9.69 Å². The van der Waals surface area contributed by atoms with Gasteiger partial charge < -0.3 is 11.1 Å². The number of amides is 3. The second-order valence-corrected chi connectivity index (χ2v) is 5.98. The molecule has 0 atom stereocenters. The van der Waals surface area contributed by atoms with E-state index in [-0.39, 0.29) is 11.9 Å². The van der Waals surface area contributed by atoms with E-state index in [0.29, 0.717) is 18.7 Å². The van der Waals surface area contributed by atoms with Crippen LogP contribution < -0.4 is 11.1 Å². The molecule has 112 valence electrons. The van der Waals surface area contributed by atoms with Crippen molar-refractivity contribution in [3.8, 4) is 0 Å². The predicted octanol–water partition coefficient (Wildman–Crippen LogP) is 2.07. The fourth-order valence-corrected chi connectivity index (χ4v) is 3.37. The molecule has 3 rings (SSSR count). The minimum atomic E-state index is -0.627. The summed E-state index contributed by atoms with van der Waals surface area (Å²) < 4.78 is 0. The molecule has 1 aromatic rings. The number of carbonyl (C=O) groups is 2. The van der Waals surface area contributed by atoms with E-state index in [9.17, 15) is 9.59 Å². The topological polar surface area (TPSA) is 75.4 Å². The molecule has 1 aromatic carbocycles. The molecule has 21 heavy (non-hydrogen) atoms. The summed E-state index contributed by atoms with van der Waals surface area (Å²) in [7, 11) is 0. The Morgan fingerprint density at radius 1 is 1.14 bits per heavy atom. The van der Waals surface area contributed by atoms with E-state index in [1.165, 1.54) is 4.90 Å². The van der Waals surface area contributed by atoms with Gasteiger partial charge in [-0.25, -0.2) is 4.79 Å². The van der Waals surface area contributed by atoms with Crippen LogP contribution in [0.3, 0.4) is 0 Å². The Hall–Kier alpha value is -2.04. The van der Waals surface area contributed by atoms with Gasteiger partial charge in [0.1, 0.15) is 5.54 Å². The van der Waals surface area contributed by atoms with Crippen LogP contribution in [0, 0.1) is 0 Å². The molecule has 2 aliphatic rings. The minimum absolute atomic E-state index is 0.0540. The molecular formula is C16H21N3O2. The van der Waals surface area contributed by atoms with Crippen LogP contribution in [0.2, 0.25) is 0 Å². The lowest BCUT2D eigenvalue weighted by atomic mass is 9.82. The molecule has 5 heteroatoms. The average molecular weight is 287 g/mol. The van der Waals surface area contributed by atoms with Crippen molar-refractivity contribution in [3.05, 3.63) is 29.8 Å². The molecule has 0 unspecified atom stereocenters. The fourth-order valence-electron chi connectivity index (χ4n) is 3.37. The van der Waals surface area contributed by atoms with E-state index in [1.807, 2.05) is 24.3 Å². The molecule has 2 fully saturated rings. The summed E-state index contributed by atoms with van der Waals surface area (Å²) in [5.74, 6) is -0.0540. The first-order chi connectivity index (χ1) is 10.1. The van der Waals surface area contributed by atoms with Crippen molar-refractivity contribution >= 4 is 17.6 Å². The number of carbonyl (C=O) groups excluding carboxylic acids is 2. The van der Waals surface area contributed by atoms with Gasteiger partial charge in [-0.15, -0.1) is 0 Å². The van der Waals surface area contributed by atoms with Gasteiger partial charge in [0.05, 0.1) is 0 Å². The highest BCUT2D eigenvalue weighted by atomic mass is 16.2. The van der Waals surface area contributed by atoms with Crippen molar-refractivity contribution in [2.45, 2.75) is 44.1 Å². The summed E-state index contributed by atoms with van der Waals surface area (Å²) in [5, 5.41) is 2.93. The quantitative estimate of drug-likeness (QED) is 0.660. The summed E-state index contributed by atoms with van der Waals surface area (Å²) in [6.07, 6.45) is 5.29. The number of nitrogens with two attached hydrogens (primary N) is 1. The highest BCUT2D eigenvalue weighted by molar-refractivity contribution is 6.07. The van der Waals surface area contributed by atoms with Gasteiger partial charge in [0.25, 0.3) is 5.91 Å². The highest BCUT2D eigenvalue weighted by Gasteiger charge is 2.50. The van der Waals surface area contributed by atoms with Gasteiger partial charge in [-0.1, -0.05) is 37.5 Å². The second kappa shape index (κ2) is 5.39. The predicted molar refractivity (Wildman–Crippen MR) is 80.6 cm³/mol. The average Bonchev–Trinajstić information content (AvgIpc) is 2.70. The second-order valence-electron chi connectivity index (χ2n) is 5.98. The van der Waals surface area contributed by atoms with Crippen molar-refractivity contribution in [2.75, 3.05) is 12.3 Å². The molecule has 3 amide bonds. The summed E-state index contributed by atoms with van der Waals surface area (Å²) in [6.45, 7) is 0.390. The molecule has 3 N–H and O–H groups in total. The Morgan fingerprint density at radius 2 is 1.86 bits per heavy atom. The normalized spacial score (nSPS) is 20.9. The van der Waals surface area contributed by atoms with Crippen molar-refractivity contribution in [2.24, 2.45) is 0 Å². The Morgan fingerprint density at radius 3 is 2.57 bits per heavy atom. The lowest BCUT2D eigenvalue weighted by molar-refractivity contribution is -0.132. The molecular weight excluding hydrogens is 266 g/mol. The van der Waals surface area contributed by atoms with Crippen LogP contribution in [0.4, 0.5) is 10.5 Å². The maximum absolute atomic E-state index is 12.6. The first-order valence-electron chi connectivity index (χ1n) is 7.60. The van der Waals surface area contributed by atoms with E-state index in [1.54, 1.807) is 0 Å². The summed E-state index contributed by atoms with van der Waals surface area (Å²) in [4.78, 5) is 26.1. The number of para-hydroxylation sites is 1. The third-order valence-corrected chi connectivity index (χ3v) is 4.61. The Kier molecular flexibility index (Phi) is 3.57. The molecule has 1 heterocycles. The van der Waals surface area contributed by atoms with Crippen LogP contribution in [0.15, 0.2) is 24.3 Å². The zero-order chi connectivity index (χ0) is 14.9. The smallest absolute Gasteiger partial charge is 0.325 e. The molecule has 1 aliphatic carbocycles. The lowest BCUT2D eigenvalue weighted by Crippen LogP contribution is -2.48.